The average molecular weight is 443 g/mol. The SMILES string of the molecule is COc1ccc(C(=O)Nc2ccccc2F)cc1CN(C)S(=O)(=O)c1ccc(C)cc1. The molecule has 0 aliphatic rings. The fraction of sp³-hybridized carbons (Fsp3) is 0.174. The summed E-state index contributed by atoms with van der Waals surface area (Å²) in [6.07, 6.45) is 0. The summed E-state index contributed by atoms with van der Waals surface area (Å²) in [6.45, 7) is 1.86. The fourth-order valence-electron chi connectivity index (χ4n) is 3.02. The number of rotatable bonds is 7. The van der Waals surface area contributed by atoms with E-state index in [1.54, 1.807) is 36.4 Å². The molecule has 3 aromatic rings. The van der Waals surface area contributed by atoms with Crippen molar-refractivity contribution in [3.05, 3.63) is 89.2 Å². The van der Waals surface area contributed by atoms with Gasteiger partial charge in [0.15, 0.2) is 0 Å². The number of carbonyl (C=O) groups excluding carboxylic acids is 1. The Morgan fingerprint density at radius 1 is 1.06 bits per heavy atom. The molecule has 6 nitrogen and oxygen atoms in total. The number of halogens is 1. The lowest BCUT2D eigenvalue weighted by Crippen LogP contribution is -2.27. The lowest BCUT2D eigenvalue weighted by Gasteiger charge is -2.19. The molecule has 0 fully saturated rings. The Labute approximate surface area is 181 Å². The molecular formula is C23H23FN2O4S. The van der Waals surface area contributed by atoms with Crippen molar-refractivity contribution in [3.63, 3.8) is 0 Å². The molecule has 0 saturated carbocycles. The van der Waals surface area contributed by atoms with Gasteiger partial charge in [0.25, 0.3) is 5.91 Å². The van der Waals surface area contributed by atoms with Gasteiger partial charge in [0.2, 0.25) is 10.0 Å². The summed E-state index contributed by atoms with van der Waals surface area (Å²) in [5, 5.41) is 2.52. The van der Waals surface area contributed by atoms with Crippen molar-refractivity contribution in [1.29, 1.82) is 0 Å². The van der Waals surface area contributed by atoms with E-state index in [4.69, 9.17) is 4.74 Å². The molecule has 162 valence electrons. The third kappa shape index (κ3) is 5.10. The number of nitrogens with one attached hydrogen (secondary N) is 1. The normalized spacial score (nSPS) is 11.4. The fourth-order valence-corrected chi connectivity index (χ4v) is 4.16. The summed E-state index contributed by atoms with van der Waals surface area (Å²) in [4.78, 5) is 12.8. The number of para-hydroxylation sites is 1. The number of carbonyl (C=O) groups is 1. The van der Waals surface area contributed by atoms with E-state index in [0.29, 0.717) is 11.3 Å². The van der Waals surface area contributed by atoms with E-state index in [2.05, 4.69) is 5.32 Å². The summed E-state index contributed by atoms with van der Waals surface area (Å²) in [5.74, 6) is -0.625. The minimum atomic E-state index is -3.74. The van der Waals surface area contributed by atoms with Crippen LogP contribution in [0.1, 0.15) is 21.5 Å². The van der Waals surface area contributed by atoms with Gasteiger partial charge in [-0.05, 0) is 49.4 Å². The Bertz CT molecular complexity index is 1190. The van der Waals surface area contributed by atoms with Crippen molar-refractivity contribution >= 4 is 21.6 Å². The molecular weight excluding hydrogens is 419 g/mol. The van der Waals surface area contributed by atoms with Crippen LogP contribution >= 0.6 is 0 Å². The number of methoxy groups -OCH3 is 1. The van der Waals surface area contributed by atoms with Gasteiger partial charge in [-0.15, -0.1) is 0 Å². The van der Waals surface area contributed by atoms with Crippen LogP contribution in [0.15, 0.2) is 71.6 Å². The molecule has 0 atom stereocenters. The van der Waals surface area contributed by atoms with Crippen LogP contribution in [0.25, 0.3) is 0 Å². The van der Waals surface area contributed by atoms with Crippen molar-refractivity contribution < 1.29 is 22.3 Å². The molecule has 0 unspecified atom stereocenters. The maximum atomic E-state index is 13.8. The first-order valence-corrected chi connectivity index (χ1v) is 10.9. The molecule has 0 saturated heterocycles. The molecule has 0 aliphatic carbocycles. The van der Waals surface area contributed by atoms with E-state index in [1.807, 2.05) is 6.92 Å². The highest BCUT2D eigenvalue weighted by Gasteiger charge is 2.22. The number of ether oxygens (including phenoxy) is 1. The van der Waals surface area contributed by atoms with E-state index in [9.17, 15) is 17.6 Å². The first kappa shape index (κ1) is 22.5. The Morgan fingerprint density at radius 2 is 1.74 bits per heavy atom. The van der Waals surface area contributed by atoms with Gasteiger partial charge in [-0.1, -0.05) is 29.8 Å². The van der Waals surface area contributed by atoms with Crippen molar-refractivity contribution in [3.8, 4) is 5.75 Å². The molecule has 8 heteroatoms. The van der Waals surface area contributed by atoms with Crippen LogP contribution in [0, 0.1) is 12.7 Å². The number of anilines is 1. The number of sulfonamides is 1. The molecule has 0 heterocycles. The van der Waals surface area contributed by atoms with Crippen LogP contribution in [0.3, 0.4) is 0 Å². The number of benzene rings is 3. The van der Waals surface area contributed by atoms with Gasteiger partial charge < -0.3 is 10.1 Å². The Kier molecular flexibility index (Phi) is 6.72. The van der Waals surface area contributed by atoms with Crippen LogP contribution in [-0.2, 0) is 16.6 Å². The summed E-state index contributed by atoms with van der Waals surface area (Å²) in [5.41, 5.74) is 1.77. The zero-order valence-electron chi connectivity index (χ0n) is 17.4. The van der Waals surface area contributed by atoms with Crippen molar-refractivity contribution in [1.82, 2.24) is 4.31 Å². The van der Waals surface area contributed by atoms with E-state index >= 15 is 0 Å². The van der Waals surface area contributed by atoms with E-state index in [0.717, 1.165) is 5.56 Å². The number of hydrogen-bond donors (Lipinski definition) is 1. The van der Waals surface area contributed by atoms with Crippen molar-refractivity contribution in [2.45, 2.75) is 18.4 Å². The second-order valence-corrected chi connectivity index (χ2v) is 9.08. The summed E-state index contributed by atoms with van der Waals surface area (Å²) < 4.78 is 46.2. The van der Waals surface area contributed by atoms with E-state index in [-0.39, 0.29) is 22.7 Å². The molecule has 31 heavy (non-hydrogen) atoms. The zero-order chi connectivity index (χ0) is 22.6. The molecule has 0 aromatic heterocycles. The Hall–Kier alpha value is -3.23. The highest BCUT2D eigenvalue weighted by molar-refractivity contribution is 7.89. The first-order chi connectivity index (χ1) is 14.7. The molecule has 3 aromatic carbocycles. The first-order valence-electron chi connectivity index (χ1n) is 9.48. The van der Waals surface area contributed by atoms with Crippen LogP contribution in [0.4, 0.5) is 10.1 Å². The summed E-state index contributed by atoms with van der Waals surface area (Å²) in [7, 11) is -0.815. The van der Waals surface area contributed by atoms with Gasteiger partial charge in [0, 0.05) is 24.7 Å². The van der Waals surface area contributed by atoms with Crippen molar-refractivity contribution in [2.24, 2.45) is 0 Å². The molecule has 1 amide bonds. The molecule has 0 bridgehead atoms. The lowest BCUT2D eigenvalue weighted by molar-refractivity contribution is 0.102. The number of aryl methyl sites for hydroxylation is 1. The van der Waals surface area contributed by atoms with E-state index in [1.165, 1.54) is 48.8 Å². The van der Waals surface area contributed by atoms with Crippen molar-refractivity contribution in [2.75, 3.05) is 19.5 Å². The third-order valence-corrected chi connectivity index (χ3v) is 6.60. The van der Waals surface area contributed by atoms with Gasteiger partial charge in [-0.25, -0.2) is 12.8 Å². The maximum Gasteiger partial charge on any atom is 0.255 e. The highest BCUT2D eigenvalue weighted by atomic mass is 32.2. The maximum absolute atomic E-state index is 13.8. The number of amides is 1. The van der Waals surface area contributed by atoms with Gasteiger partial charge in [-0.3, -0.25) is 4.79 Å². The van der Waals surface area contributed by atoms with Gasteiger partial charge in [0.05, 0.1) is 17.7 Å². The molecule has 1 N–H and O–H groups in total. The molecule has 0 radical (unpaired) electrons. The predicted molar refractivity (Wildman–Crippen MR) is 117 cm³/mol. The molecule has 0 spiro atoms. The summed E-state index contributed by atoms with van der Waals surface area (Å²) in [6, 6.07) is 17.1. The minimum Gasteiger partial charge on any atom is -0.496 e. The van der Waals surface area contributed by atoms with Crippen LogP contribution in [0.5, 0.6) is 5.75 Å². The highest BCUT2D eigenvalue weighted by Crippen LogP contribution is 2.25. The largest absolute Gasteiger partial charge is 0.496 e. The zero-order valence-corrected chi connectivity index (χ0v) is 18.2. The third-order valence-electron chi connectivity index (χ3n) is 4.79. The van der Waals surface area contributed by atoms with Gasteiger partial charge in [0.1, 0.15) is 11.6 Å². The smallest absolute Gasteiger partial charge is 0.255 e. The van der Waals surface area contributed by atoms with Crippen LogP contribution < -0.4 is 10.1 Å². The minimum absolute atomic E-state index is 0.0137. The number of nitrogens with zero attached hydrogens (tertiary/aromatic N) is 1. The molecule has 3 rings (SSSR count). The van der Waals surface area contributed by atoms with Crippen LogP contribution in [-0.4, -0.2) is 32.8 Å². The predicted octanol–water partition coefficient (Wildman–Crippen LogP) is 4.22. The van der Waals surface area contributed by atoms with Gasteiger partial charge in [-0.2, -0.15) is 4.31 Å². The Balaban J connectivity index is 1.86. The quantitative estimate of drug-likeness (QED) is 0.595. The Morgan fingerprint density at radius 3 is 2.39 bits per heavy atom. The second kappa shape index (κ2) is 9.28. The second-order valence-electron chi connectivity index (χ2n) is 7.03. The van der Waals surface area contributed by atoms with Crippen LogP contribution in [0.2, 0.25) is 0 Å². The monoisotopic (exact) mass is 442 g/mol. The number of hydrogen-bond acceptors (Lipinski definition) is 4. The van der Waals surface area contributed by atoms with E-state index < -0.39 is 21.7 Å². The van der Waals surface area contributed by atoms with Gasteiger partial charge >= 0.3 is 0 Å². The average Bonchev–Trinajstić information content (AvgIpc) is 2.75. The molecule has 0 aliphatic heterocycles. The topological polar surface area (TPSA) is 75.7 Å². The lowest BCUT2D eigenvalue weighted by atomic mass is 10.1. The standard InChI is InChI=1S/C23H23FN2O4S/c1-16-8-11-19(12-9-16)31(28,29)26(2)15-18-14-17(10-13-22(18)30-3)23(27)25-21-7-5-4-6-20(21)24/h4-14H,15H2,1-3H3,(H,25,27). The summed E-state index contributed by atoms with van der Waals surface area (Å²) >= 11 is 0.